The lowest BCUT2D eigenvalue weighted by molar-refractivity contribution is -0.136. The SMILES string of the molecule is Cl.Cl.NC(C(=O)N1CCN(CC(F)F)CC1)C1CCOCC1. The fourth-order valence-corrected chi connectivity index (χ4v) is 2.83. The Labute approximate surface area is 142 Å². The molecule has 5 nitrogen and oxygen atoms in total. The van der Waals surface area contributed by atoms with Gasteiger partial charge in [0.2, 0.25) is 5.91 Å². The molecule has 0 aliphatic carbocycles. The van der Waals surface area contributed by atoms with Gasteiger partial charge in [0, 0.05) is 39.4 Å². The molecule has 0 bridgehead atoms. The number of rotatable bonds is 4. The van der Waals surface area contributed by atoms with Crippen molar-refractivity contribution in [2.45, 2.75) is 25.3 Å². The monoisotopic (exact) mass is 363 g/mol. The molecule has 0 spiro atoms. The molecular weight excluding hydrogens is 339 g/mol. The Hall–Kier alpha value is -0.210. The molecule has 1 amide bonds. The maximum absolute atomic E-state index is 12.3. The number of ether oxygens (including phenoxy) is 1. The number of piperazine rings is 1. The van der Waals surface area contributed by atoms with E-state index in [-0.39, 0.29) is 43.2 Å². The topological polar surface area (TPSA) is 58.8 Å². The van der Waals surface area contributed by atoms with Crippen molar-refractivity contribution in [1.82, 2.24) is 9.80 Å². The van der Waals surface area contributed by atoms with Crippen LogP contribution in [0.2, 0.25) is 0 Å². The molecule has 1 unspecified atom stereocenters. The van der Waals surface area contributed by atoms with Gasteiger partial charge in [-0.2, -0.15) is 0 Å². The molecule has 2 aliphatic rings. The van der Waals surface area contributed by atoms with Crippen LogP contribution in [-0.2, 0) is 9.53 Å². The van der Waals surface area contributed by atoms with Crippen molar-refractivity contribution in [3.8, 4) is 0 Å². The molecule has 0 saturated carbocycles. The molecule has 2 heterocycles. The Balaban J connectivity index is 0.00000220. The molecule has 22 heavy (non-hydrogen) atoms. The Morgan fingerprint density at radius 2 is 1.68 bits per heavy atom. The first kappa shape index (κ1) is 21.8. The quantitative estimate of drug-likeness (QED) is 0.809. The van der Waals surface area contributed by atoms with E-state index in [2.05, 4.69) is 0 Å². The van der Waals surface area contributed by atoms with Gasteiger partial charge < -0.3 is 15.4 Å². The normalized spacial score (nSPS) is 21.9. The van der Waals surface area contributed by atoms with Gasteiger partial charge in [0.25, 0.3) is 6.43 Å². The molecule has 9 heteroatoms. The number of hydrogen-bond donors (Lipinski definition) is 1. The fourth-order valence-electron chi connectivity index (χ4n) is 2.83. The van der Waals surface area contributed by atoms with Gasteiger partial charge in [0.05, 0.1) is 12.6 Å². The molecule has 132 valence electrons. The summed E-state index contributed by atoms with van der Waals surface area (Å²) in [6.07, 6.45) is -0.682. The summed E-state index contributed by atoms with van der Waals surface area (Å²) in [5, 5.41) is 0. The number of hydrogen-bond acceptors (Lipinski definition) is 4. The van der Waals surface area contributed by atoms with Crippen molar-refractivity contribution in [2.24, 2.45) is 11.7 Å². The minimum Gasteiger partial charge on any atom is -0.381 e. The highest BCUT2D eigenvalue weighted by Crippen LogP contribution is 2.19. The van der Waals surface area contributed by atoms with E-state index in [4.69, 9.17) is 10.5 Å². The zero-order valence-corrected chi connectivity index (χ0v) is 14.1. The summed E-state index contributed by atoms with van der Waals surface area (Å²) in [5.41, 5.74) is 6.06. The van der Waals surface area contributed by atoms with Crippen LogP contribution < -0.4 is 5.73 Å². The summed E-state index contributed by atoms with van der Waals surface area (Å²) in [7, 11) is 0. The Bertz CT molecular complexity index is 326. The van der Waals surface area contributed by atoms with Crippen LogP contribution in [-0.4, -0.2) is 74.1 Å². The minimum atomic E-state index is -2.32. The van der Waals surface area contributed by atoms with Crippen LogP contribution in [0.1, 0.15) is 12.8 Å². The van der Waals surface area contributed by atoms with Crippen molar-refractivity contribution in [2.75, 3.05) is 45.9 Å². The van der Waals surface area contributed by atoms with Crippen LogP contribution in [0.25, 0.3) is 0 Å². The zero-order valence-electron chi connectivity index (χ0n) is 12.5. The van der Waals surface area contributed by atoms with E-state index in [1.165, 1.54) is 0 Å². The molecule has 1 atom stereocenters. The van der Waals surface area contributed by atoms with Crippen molar-refractivity contribution in [3.63, 3.8) is 0 Å². The second-order valence-electron chi connectivity index (χ2n) is 5.49. The lowest BCUT2D eigenvalue weighted by atomic mass is 9.91. The number of carbonyl (C=O) groups is 1. The molecule has 0 aromatic heterocycles. The largest absolute Gasteiger partial charge is 0.381 e. The molecule has 2 N–H and O–H groups in total. The van der Waals surface area contributed by atoms with E-state index >= 15 is 0 Å². The summed E-state index contributed by atoms with van der Waals surface area (Å²) in [6, 6.07) is -0.486. The van der Waals surface area contributed by atoms with Crippen LogP contribution in [0.3, 0.4) is 0 Å². The Kier molecular flexibility index (Phi) is 10.4. The van der Waals surface area contributed by atoms with E-state index in [0.717, 1.165) is 12.8 Å². The van der Waals surface area contributed by atoms with Crippen LogP contribution >= 0.6 is 24.8 Å². The molecule has 2 aliphatic heterocycles. The van der Waals surface area contributed by atoms with Gasteiger partial charge in [-0.15, -0.1) is 24.8 Å². The third-order valence-electron chi connectivity index (χ3n) is 4.14. The first-order chi connectivity index (χ1) is 9.58. The predicted octanol–water partition coefficient (Wildman–Crippen LogP) is 0.993. The summed E-state index contributed by atoms with van der Waals surface area (Å²) in [5.74, 6) is 0.129. The van der Waals surface area contributed by atoms with Crippen molar-refractivity contribution >= 4 is 30.7 Å². The van der Waals surface area contributed by atoms with Crippen molar-refractivity contribution in [1.29, 1.82) is 0 Å². The first-order valence-electron chi connectivity index (χ1n) is 7.20. The van der Waals surface area contributed by atoms with Crippen molar-refractivity contribution in [3.05, 3.63) is 0 Å². The zero-order chi connectivity index (χ0) is 14.5. The number of alkyl halides is 2. The maximum atomic E-state index is 12.3. The summed E-state index contributed by atoms with van der Waals surface area (Å²) in [4.78, 5) is 15.7. The summed E-state index contributed by atoms with van der Waals surface area (Å²) in [6.45, 7) is 3.08. The predicted molar refractivity (Wildman–Crippen MR) is 85.0 cm³/mol. The summed E-state index contributed by atoms with van der Waals surface area (Å²) >= 11 is 0. The highest BCUT2D eigenvalue weighted by Gasteiger charge is 2.31. The highest BCUT2D eigenvalue weighted by atomic mass is 35.5. The number of nitrogens with zero attached hydrogens (tertiary/aromatic N) is 2. The second-order valence-corrected chi connectivity index (χ2v) is 5.49. The fraction of sp³-hybridized carbons (Fsp3) is 0.923. The average Bonchev–Trinajstić information content (AvgIpc) is 2.47. The average molecular weight is 364 g/mol. The molecule has 0 radical (unpaired) electrons. The smallest absolute Gasteiger partial charge is 0.251 e. The first-order valence-corrected chi connectivity index (χ1v) is 7.20. The van der Waals surface area contributed by atoms with Gasteiger partial charge in [-0.25, -0.2) is 8.78 Å². The van der Waals surface area contributed by atoms with Gasteiger partial charge >= 0.3 is 0 Å². The van der Waals surface area contributed by atoms with Crippen LogP contribution in [0, 0.1) is 5.92 Å². The molecule has 0 aromatic carbocycles. The molecular formula is C13H25Cl2F2N3O2. The number of nitrogens with two attached hydrogens (primary N) is 1. The Morgan fingerprint density at radius 1 is 1.14 bits per heavy atom. The molecule has 2 rings (SSSR count). The van der Waals surface area contributed by atoms with E-state index in [9.17, 15) is 13.6 Å². The van der Waals surface area contributed by atoms with Gasteiger partial charge in [-0.05, 0) is 18.8 Å². The molecule has 0 aromatic rings. The van der Waals surface area contributed by atoms with Crippen LogP contribution in [0.4, 0.5) is 8.78 Å². The number of carbonyl (C=O) groups excluding carboxylic acids is 1. The lowest BCUT2D eigenvalue weighted by Crippen LogP contribution is -2.55. The number of halogens is 4. The molecule has 2 saturated heterocycles. The standard InChI is InChI=1S/C13H23F2N3O2.2ClH/c14-11(15)9-17-3-5-18(6-4-17)13(19)12(16)10-1-7-20-8-2-10;;/h10-12H,1-9,16H2;2*1H. The second kappa shape index (κ2) is 10.5. The summed E-state index contributed by atoms with van der Waals surface area (Å²) < 4.78 is 29.9. The highest BCUT2D eigenvalue weighted by molar-refractivity contribution is 5.85. The van der Waals surface area contributed by atoms with E-state index in [1.807, 2.05) is 0 Å². The number of amides is 1. The lowest BCUT2D eigenvalue weighted by Gasteiger charge is -2.37. The van der Waals surface area contributed by atoms with Crippen LogP contribution in [0.5, 0.6) is 0 Å². The van der Waals surface area contributed by atoms with E-state index in [1.54, 1.807) is 9.80 Å². The molecule has 2 fully saturated rings. The maximum Gasteiger partial charge on any atom is 0.251 e. The third-order valence-corrected chi connectivity index (χ3v) is 4.14. The Morgan fingerprint density at radius 3 is 2.18 bits per heavy atom. The van der Waals surface area contributed by atoms with Gasteiger partial charge in [-0.1, -0.05) is 0 Å². The van der Waals surface area contributed by atoms with E-state index in [0.29, 0.717) is 39.4 Å². The van der Waals surface area contributed by atoms with Crippen LogP contribution in [0.15, 0.2) is 0 Å². The van der Waals surface area contributed by atoms with Gasteiger partial charge in [0.1, 0.15) is 0 Å². The third kappa shape index (κ3) is 6.12. The minimum absolute atomic E-state index is 0. The van der Waals surface area contributed by atoms with Gasteiger partial charge in [0.15, 0.2) is 0 Å². The van der Waals surface area contributed by atoms with E-state index < -0.39 is 12.5 Å². The van der Waals surface area contributed by atoms with Gasteiger partial charge in [-0.3, -0.25) is 9.69 Å². The van der Waals surface area contributed by atoms with Crippen molar-refractivity contribution < 1.29 is 18.3 Å².